The van der Waals surface area contributed by atoms with Crippen LogP contribution < -0.4 is 5.73 Å². The molecule has 0 aliphatic carbocycles. The van der Waals surface area contributed by atoms with Gasteiger partial charge in [-0.05, 0) is 41.8 Å². The lowest BCUT2D eigenvalue weighted by Crippen LogP contribution is -2.29. The molecule has 10 heteroatoms. The fourth-order valence-corrected chi connectivity index (χ4v) is 4.24. The number of benzene rings is 2. The van der Waals surface area contributed by atoms with Crippen LogP contribution in [0.4, 0.5) is 23.5 Å². The maximum absolute atomic E-state index is 15.7. The Bertz CT molecular complexity index is 1530. The van der Waals surface area contributed by atoms with Gasteiger partial charge in [-0.3, -0.25) is 4.68 Å². The minimum Gasteiger partial charge on any atom is -0.366 e. The number of pyridine rings is 1. The zero-order valence-corrected chi connectivity index (χ0v) is 18.8. The molecule has 1 atom stereocenters. The van der Waals surface area contributed by atoms with Gasteiger partial charge >= 0.3 is 0 Å². The first-order valence-electron chi connectivity index (χ1n) is 10.7. The fraction of sp³-hybridized carbons (Fsp3) is 0.160. The molecule has 0 aliphatic heterocycles. The van der Waals surface area contributed by atoms with Crippen LogP contribution in [0.15, 0.2) is 67.1 Å². The number of aryl methyl sites for hydroxylation is 1. The Hall–Kier alpha value is -4.21. The van der Waals surface area contributed by atoms with Crippen molar-refractivity contribution in [2.24, 2.45) is 0 Å². The van der Waals surface area contributed by atoms with E-state index in [2.05, 4.69) is 15.2 Å². The molecular formula is C25H20F4N6. The zero-order chi connectivity index (χ0) is 24.9. The SMILES string of the molecule is Cc1cn2nc(N)nc2cc1-c1cccc(-c2cnn([C@H](c3ccc(F)cc3)C(C)(F)F)c2)c1F. The van der Waals surface area contributed by atoms with Gasteiger partial charge in [0, 0.05) is 36.0 Å². The van der Waals surface area contributed by atoms with Crippen LogP contribution >= 0.6 is 0 Å². The van der Waals surface area contributed by atoms with Crippen molar-refractivity contribution in [2.75, 3.05) is 5.73 Å². The summed E-state index contributed by atoms with van der Waals surface area (Å²) in [5.41, 5.74) is 8.50. The summed E-state index contributed by atoms with van der Waals surface area (Å²) in [5.74, 6) is -4.18. The van der Waals surface area contributed by atoms with E-state index in [1.54, 1.807) is 30.5 Å². The van der Waals surface area contributed by atoms with Gasteiger partial charge in [0.2, 0.25) is 5.95 Å². The van der Waals surface area contributed by atoms with Crippen LogP contribution in [-0.2, 0) is 0 Å². The Labute approximate surface area is 197 Å². The van der Waals surface area contributed by atoms with Crippen molar-refractivity contribution in [1.29, 1.82) is 0 Å². The number of nitrogens with two attached hydrogens (primary N) is 1. The monoisotopic (exact) mass is 480 g/mol. The summed E-state index contributed by atoms with van der Waals surface area (Å²) in [5, 5.41) is 8.17. The van der Waals surface area contributed by atoms with Gasteiger partial charge in [0.1, 0.15) is 17.7 Å². The minimum absolute atomic E-state index is 0.103. The lowest BCUT2D eigenvalue weighted by Gasteiger charge is -2.24. The Balaban J connectivity index is 1.58. The quantitative estimate of drug-likeness (QED) is 0.329. The molecular weight excluding hydrogens is 460 g/mol. The lowest BCUT2D eigenvalue weighted by molar-refractivity contribution is -0.0217. The van der Waals surface area contributed by atoms with Crippen LogP contribution in [0.2, 0.25) is 0 Å². The average molecular weight is 480 g/mol. The normalized spacial score (nSPS) is 12.9. The van der Waals surface area contributed by atoms with E-state index in [0.717, 1.165) is 29.3 Å². The molecule has 0 fully saturated rings. The van der Waals surface area contributed by atoms with Crippen LogP contribution in [-0.4, -0.2) is 30.3 Å². The van der Waals surface area contributed by atoms with Crippen molar-refractivity contribution in [3.8, 4) is 22.3 Å². The number of anilines is 1. The van der Waals surface area contributed by atoms with Gasteiger partial charge in [-0.1, -0.05) is 30.3 Å². The molecule has 2 aromatic carbocycles. The van der Waals surface area contributed by atoms with Crippen molar-refractivity contribution in [2.45, 2.75) is 25.8 Å². The Morgan fingerprint density at radius 2 is 1.69 bits per heavy atom. The summed E-state index contributed by atoms with van der Waals surface area (Å²) in [6.45, 7) is 2.58. The molecule has 3 heterocycles. The van der Waals surface area contributed by atoms with Gasteiger partial charge in [0.15, 0.2) is 5.65 Å². The smallest absolute Gasteiger partial charge is 0.271 e. The predicted octanol–water partition coefficient (Wildman–Crippen LogP) is 5.67. The first-order chi connectivity index (χ1) is 16.6. The number of nitrogen functional groups attached to an aromatic ring is 1. The van der Waals surface area contributed by atoms with Gasteiger partial charge in [-0.25, -0.2) is 22.1 Å². The van der Waals surface area contributed by atoms with E-state index in [4.69, 9.17) is 5.73 Å². The molecule has 35 heavy (non-hydrogen) atoms. The van der Waals surface area contributed by atoms with Crippen molar-refractivity contribution in [3.05, 3.63) is 89.9 Å². The second-order valence-electron chi connectivity index (χ2n) is 8.43. The van der Waals surface area contributed by atoms with Crippen molar-refractivity contribution in [3.63, 3.8) is 0 Å². The average Bonchev–Trinajstić information content (AvgIpc) is 3.40. The standard InChI is InChI=1S/C25H20F4N6/c1-14-12-34-21(32-24(30)33-34)10-20(14)19-5-3-4-18(22(19)27)16-11-31-35(13-16)23(25(2,28)29)15-6-8-17(26)9-7-15/h3-13,23H,1-2H3,(H2,30,33)/t23-/m1/s1. The number of hydrogen-bond donors (Lipinski definition) is 1. The van der Waals surface area contributed by atoms with E-state index >= 15 is 4.39 Å². The predicted molar refractivity (Wildman–Crippen MR) is 124 cm³/mol. The number of aromatic nitrogens is 5. The van der Waals surface area contributed by atoms with E-state index in [1.807, 2.05) is 6.92 Å². The number of hydrogen-bond acceptors (Lipinski definition) is 4. The Morgan fingerprint density at radius 3 is 2.40 bits per heavy atom. The first kappa shape index (κ1) is 22.6. The topological polar surface area (TPSA) is 74.0 Å². The third-order valence-corrected chi connectivity index (χ3v) is 5.82. The molecule has 3 aromatic heterocycles. The highest BCUT2D eigenvalue weighted by atomic mass is 19.3. The van der Waals surface area contributed by atoms with Gasteiger partial charge in [0.25, 0.3) is 5.92 Å². The summed E-state index contributed by atoms with van der Waals surface area (Å²) in [6.07, 6.45) is 4.40. The van der Waals surface area contributed by atoms with Crippen LogP contribution in [0.5, 0.6) is 0 Å². The molecule has 0 radical (unpaired) electrons. The highest BCUT2D eigenvalue weighted by Crippen LogP contribution is 2.37. The number of halogens is 4. The molecule has 0 spiro atoms. The van der Waals surface area contributed by atoms with E-state index < -0.39 is 23.6 Å². The van der Waals surface area contributed by atoms with Crippen LogP contribution in [0.3, 0.4) is 0 Å². The molecule has 0 aliphatic rings. The summed E-state index contributed by atoms with van der Waals surface area (Å²) in [4.78, 5) is 4.13. The number of alkyl halides is 2. The summed E-state index contributed by atoms with van der Waals surface area (Å²) >= 11 is 0. The van der Waals surface area contributed by atoms with E-state index in [9.17, 15) is 13.2 Å². The van der Waals surface area contributed by atoms with Gasteiger partial charge in [-0.2, -0.15) is 10.1 Å². The third kappa shape index (κ3) is 4.11. The highest BCUT2D eigenvalue weighted by molar-refractivity contribution is 5.77. The molecule has 0 amide bonds. The molecule has 0 saturated heterocycles. The molecule has 5 rings (SSSR count). The fourth-order valence-electron chi connectivity index (χ4n) is 4.24. The highest BCUT2D eigenvalue weighted by Gasteiger charge is 2.37. The summed E-state index contributed by atoms with van der Waals surface area (Å²) in [6, 6.07) is 9.86. The number of fused-ring (bicyclic) bond motifs is 1. The maximum atomic E-state index is 15.7. The molecule has 178 valence electrons. The van der Waals surface area contributed by atoms with Crippen LogP contribution in [0.1, 0.15) is 24.1 Å². The van der Waals surface area contributed by atoms with E-state index in [1.165, 1.54) is 29.0 Å². The minimum atomic E-state index is -3.21. The second kappa shape index (κ2) is 8.23. The molecule has 0 saturated carbocycles. The summed E-state index contributed by atoms with van der Waals surface area (Å²) in [7, 11) is 0. The lowest BCUT2D eigenvalue weighted by atomic mass is 9.97. The number of nitrogens with zero attached hydrogens (tertiary/aromatic N) is 5. The first-order valence-corrected chi connectivity index (χ1v) is 10.7. The van der Waals surface area contributed by atoms with Gasteiger partial charge < -0.3 is 5.73 Å². The largest absolute Gasteiger partial charge is 0.366 e. The van der Waals surface area contributed by atoms with Crippen molar-refractivity contribution in [1.82, 2.24) is 24.4 Å². The van der Waals surface area contributed by atoms with Gasteiger partial charge in [0.05, 0.1) is 6.20 Å². The van der Waals surface area contributed by atoms with Crippen LogP contribution in [0, 0.1) is 18.6 Å². The number of rotatable bonds is 5. The third-order valence-electron chi connectivity index (χ3n) is 5.82. The van der Waals surface area contributed by atoms with Gasteiger partial charge in [-0.15, -0.1) is 5.10 Å². The van der Waals surface area contributed by atoms with Crippen LogP contribution in [0.25, 0.3) is 27.9 Å². The maximum Gasteiger partial charge on any atom is 0.271 e. The molecule has 5 aromatic rings. The summed E-state index contributed by atoms with van der Waals surface area (Å²) < 4.78 is 60.8. The van der Waals surface area contributed by atoms with E-state index in [-0.39, 0.29) is 17.1 Å². The van der Waals surface area contributed by atoms with Crippen molar-refractivity contribution >= 4 is 11.6 Å². The Kier molecular flexibility index (Phi) is 5.31. The second-order valence-corrected chi connectivity index (χ2v) is 8.43. The van der Waals surface area contributed by atoms with Crippen molar-refractivity contribution < 1.29 is 17.6 Å². The molecule has 2 N–H and O–H groups in total. The molecule has 0 unspecified atom stereocenters. The zero-order valence-electron chi connectivity index (χ0n) is 18.8. The van der Waals surface area contributed by atoms with E-state index in [0.29, 0.717) is 22.3 Å². The molecule has 0 bridgehead atoms. The molecule has 6 nitrogen and oxygen atoms in total. The Morgan fingerprint density at radius 1 is 0.971 bits per heavy atom.